The van der Waals surface area contributed by atoms with Gasteiger partial charge in [0.15, 0.2) is 5.82 Å². The number of carbonyl (C=O) groups is 1. The maximum Gasteiger partial charge on any atom is 0.226 e. The molecule has 0 radical (unpaired) electrons. The molecule has 3 aliphatic heterocycles. The monoisotopic (exact) mass is 720 g/mol. The lowest BCUT2D eigenvalue weighted by molar-refractivity contribution is -0.135. The fourth-order valence-electron chi connectivity index (χ4n) is 9.06. The van der Waals surface area contributed by atoms with E-state index in [0.29, 0.717) is 46.6 Å². The molecule has 10 rings (SSSR count). The minimum Gasteiger partial charge on any atom is -0.370 e. The Balaban J connectivity index is 1.28. The Kier molecular flexibility index (Phi) is 8.22. The predicted molar refractivity (Wildman–Crippen MR) is 201 cm³/mol. The van der Waals surface area contributed by atoms with Crippen LogP contribution < -0.4 is 10.2 Å². The third-order valence-electron chi connectivity index (χ3n) is 11.8. The lowest BCUT2D eigenvalue weighted by Crippen LogP contribution is -2.42. The largest absolute Gasteiger partial charge is 0.370 e. The first-order valence-electron chi connectivity index (χ1n) is 18.2. The number of rotatable bonds is 7. The summed E-state index contributed by atoms with van der Waals surface area (Å²) in [6, 6.07) is 22.6. The van der Waals surface area contributed by atoms with Crippen molar-refractivity contribution in [1.82, 2.24) is 19.8 Å². The van der Waals surface area contributed by atoms with E-state index in [1.54, 1.807) is 18.2 Å². The second kappa shape index (κ2) is 12.8. The smallest absolute Gasteiger partial charge is 0.226 e. The summed E-state index contributed by atoms with van der Waals surface area (Å²) in [6.45, 7) is 5.11. The van der Waals surface area contributed by atoms with Crippen LogP contribution in [0.1, 0.15) is 61.1 Å². The fourth-order valence-corrected chi connectivity index (χ4v) is 9.46. The van der Waals surface area contributed by atoms with Crippen LogP contribution in [0.4, 0.5) is 10.1 Å². The number of para-hydroxylation sites is 1. The molecule has 51 heavy (non-hydrogen) atoms. The second-order valence-electron chi connectivity index (χ2n) is 14.7. The molecule has 5 aliphatic rings. The maximum atomic E-state index is 17.2. The summed E-state index contributed by atoms with van der Waals surface area (Å²) in [7, 11) is 0. The number of nitrogens with one attached hydrogen (secondary N) is 1. The van der Waals surface area contributed by atoms with Crippen molar-refractivity contribution in [3.8, 4) is 17.2 Å². The van der Waals surface area contributed by atoms with Gasteiger partial charge in [-0.05, 0) is 80.8 Å². The van der Waals surface area contributed by atoms with E-state index in [0.717, 1.165) is 73.0 Å². The minimum absolute atomic E-state index is 0.0907. The molecule has 2 aliphatic carbocycles. The fraction of sp³-hybridized carbons (Fsp3) is 0.390. The highest BCUT2D eigenvalue weighted by molar-refractivity contribution is 6.43. The van der Waals surface area contributed by atoms with E-state index >= 15 is 4.39 Å². The lowest BCUT2D eigenvalue weighted by atomic mass is 9.79. The number of amides is 1. The molecule has 4 atom stereocenters. The second-order valence-corrected chi connectivity index (χ2v) is 15.5. The predicted octanol–water partition coefficient (Wildman–Crippen LogP) is 8.79. The van der Waals surface area contributed by atoms with Crippen molar-refractivity contribution >= 4 is 56.6 Å². The third kappa shape index (κ3) is 5.39. The van der Waals surface area contributed by atoms with Gasteiger partial charge in [-0.3, -0.25) is 4.79 Å². The number of carbonyl (C=O) groups excluding carboxylic acids is 1. The molecule has 3 aromatic carbocycles. The lowest BCUT2D eigenvalue weighted by Gasteiger charge is -2.40. The number of aromatic nitrogens is 2. The molecule has 5 aromatic rings. The van der Waals surface area contributed by atoms with Crippen LogP contribution in [-0.2, 0) is 11.2 Å². The summed E-state index contributed by atoms with van der Waals surface area (Å²) in [6.07, 6.45) is 4.34. The number of hydrogen-bond donors (Lipinski definition) is 1. The highest BCUT2D eigenvalue weighted by atomic mass is 35.5. The van der Waals surface area contributed by atoms with Gasteiger partial charge >= 0.3 is 0 Å². The van der Waals surface area contributed by atoms with E-state index in [-0.39, 0.29) is 40.9 Å². The van der Waals surface area contributed by atoms with Crippen molar-refractivity contribution in [2.45, 2.75) is 63.6 Å². The van der Waals surface area contributed by atoms with Crippen LogP contribution in [0.5, 0.6) is 0 Å². The number of hydrogen-bond acceptors (Lipinski definition) is 5. The normalized spacial score (nSPS) is 23.0. The number of pyridine rings is 1. The molecular formula is C41H39Cl2FN6O. The van der Waals surface area contributed by atoms with E-state index in [2.05, 4.69) is 56.1 Å². The average molecular weight is 722 g/mol. The number of nitriles is 1. The van der Waals surface area contributed by atoms with E-state index in [1.165, 1.54) is 5.69 Å². The van der Waals surface area contributed by atoms with Crippen LogP contribution in [0.25, 0.3) is 32.9 Å². The van der Waals surface area contributed by atoms with Gasteiger partial charge in [0.05, 0.1) is 33.7 Å². The number of halogens is 3. The molecule has 5 fully saturated rings. The molecule has 10 heteroatoms. The van der Waals surface area contributed by atoms with Crippen LogP contribution >= 0.6 is 23.2 Å². The zero-order valence-electron chi connectivity index (χ0n) is 28.5. The Morgan fingerprint density at radius 3 is 2.59 bits per heavy atom. The van der Waals surface area contributed by atoms with Gasteiger partial charge in [-0.2, -0.15) is 5.26 Å². The van der Waals surface area contributed by atoms with Gasteiger partial charge in [-0.15, -0.1) is 0 Å². The van der Waals surface area contributed by atoms with Gasteiger partial charge in [0.2, 0.25) is 5.91 Å². The number of anilines is 1. The van der Waals surface area contributed by atoms with Gasteiger partial charge in [0.25, 0.3) is 0 Å². The van der Waals surface area contributed by atoms with E-state index in [1.807, 2.05) is 19.1 Å². The SMILES string of the molecule is Cc1nc2c(F)c(-c3cccc(Cl)c3Cl)c(CCC#N)cc2c2c1cc(C1CCN(c3ccccc3)CCN1C(=O)C1CC1)n2C1C2CNC1C2. The first-order valence-corrected chi connectivity index (χ1v) is 18.9. The summed E-state index contributed by atoms with van der Waals surface area (Å²) in [5, 5.41) is 15.7. The Hall–Kier alpha value is -4.16. The number of benzene rings is 3. The molecule has 7 nitrogen and oxygen atoms in total. The van der Waals surface area contributed by atoms with Crippen LogP contribution in [0, 0.1) is 35.9 Å². The molecule has 2 saturated carbocycles. The van der Waals surface area contributed by atoms with Crippen molar-refractivity contribution in [2.75, 3.05) is 31.1 Å². The van der Waals surface area contributed by atoms with E-state index in [9.17, 15) is 10.1 Å². The van der Waals surface area contributed by atoms with Gasteiger partial charge in [-0.1, -0.05) is 53.5 Å². The van der Waals surface area contributed by atoms with Crippen molar-refractivity contribution in [3.63, 3.8) is 0 Å². The Morgan fingerprint density at radius 2 is 1.86 bits per heavy atom. The first-order chi connectivity index (χ1) is 24.8. The van der Waals surface area contributed by atoms with Crippen LogP contribution in [0.3, 0.4) is 0 Å². The van der Waals surface area contributed by atoms with E-state index < -0.39 is 5.82 Å². The molecule has 2 aromatic heterocycles. The molecule has 3 saturated heterocycles. The van der Waals surface area contributed by atoms with Crippen molar-refractivity contribution in [1.29, 1.82) is 5.26 Å². The third-order valence-corrected chi connectivity index (χ3v) is 12.6. The Labute approximate surface area is 306 Å². The Bertz CT molecular complexity index is 2230. The summed E-state index contributed by atoms with van der Waals surface area (Å²) in [5.74, 6) is 0.318. The number of aryl methyl sites for hydroxylation is 2. The summed E-state index contributed by atoms with van der Waals surface area (Å²) >= 11 is 13.1. The van der Waals surface area contributed by atoms with Gasteiger partial charge < -0.3 is 19.7 Å². The van der Waals surface area contributed by atoms with Crippen LogP contribution in [0.15, 0.2) is 60.7 Å². The highest BCUT2D eigenvalue weighted by Gasteiger charge is 2.50. The molecule has 1 amide bonds. The summed E-state index contributed by atoms with van der Waals surface area (Å²) in [4.78, 5) is 23.6. The molecular weight excluding hydrogens is 682 g/mol. The first kappa shape index (κ1) is 32.7. The summed E-state index contributed by atoms with van der Waals surface area (Å²) < 4.78 is 19.7. The van der Waals surface area contributed by atoms with Gasteiger partial charge in [0, 0.05) is 83.5 Å². The molecule has 260 valence electrons. The van der Waals surface area contributed by atoms with Crippen molar-refractivity contribution in [3.05, 3.63) is 93.5 Å². The molecule has 2 bridgehead atoms. The quantitative estimate of drug-likeness (QED) is 0.182. The zero-order valence-corrected chi connectivity index (χ0v) is 30.0. The molecule has 0 spiro atoms. The molecule has 1 N–H and O–H groups in total. The molecule has 5 heterocycles. The maximum absolute atomic E-state index is 17.2. The minimum atomic E-state index is -0.461. The highest BCUT2D eigenvalue weighted by Crippen LogP contribution is 2.50. The van der Waals surface area contributed by atoms with Crippen LogP contribution in [-0.4, -0.2) is 52.6 Å². The van der Waals surface area contributed by atoms with Gasteiger partial charge in [-0.25, -0.2) is 9.37 Å². The number of fused-ring (bicyclic) bond motifs is 4. The zero-order chi connectivity index (χ0) is 35.0. The van der Waals surface area contributed by atoms with Gasteiger partial charge in [0.1, 0.15) is 5.52 Å². The van der Waals surface area contributed by atoms with Crippen molar-refractivity contribution < 1.29 is 9.18 Å². The Morgan fingerprint density at radius 1 is 1.04 bits per heavy atom. The van der Waals surface area contributed by atoms with E-state index in [4.69, 9.17) is 28.2 Å². The van der Waals surface area contributed by atoms with Crippen molar-refractivity contribution in [2.24, 2.45) is 11.8 Å². The topological polar surface area (TPSA) is 77.2 Å². The standard InChI is InChI=1S/C41H39Cl2FN6O/c1-23-29-21-34(33-14-16-48(27-8-3-2-4-9-27)17-18-49(33)41(51)24-12-13-24)50(39-26-20-32(39)46-22-26)40(29)30-19-25(7-6-15-45)35(37(44)38(30)47-23)28-10-5-11-31(42)36(28)43/h2-5,8-11,19,21,24,26,32-33,39,46H,6-7,12-14,16-18,20,22H2,1H3. The number of nitrogens with zero attached hydrogens (tertiary/aromatic N) is 5. The molecule has 4 unspecified atom stereocenters. The average Bonchev–Trinajstić information content (AvgIpc) is 3.65. The summed E-state index contributed by atoms with van der Waals surface area (Å²) in [5.41, 5.74) is 5.77. The van der Waals surface area contributed by atoms with Crippen LogP contribution in [0.2, 0.25) is 10.0 Å².